The molecule has 0 aromatic rings. The lowest BCUT2D eigenvalue weighted by atomic mass is 10.2. The molecule has 0 bridgehead atoms. The van der Waals surface area contributed by atoms with Crippen LogP contribution in [0, 0.1) is 0 Å². The summed E-state index contributed by atoms with van der Waals surface area (Å²) in [5.41, 5.74) is 0. The molecule has 6 nitrogen and oxygen atoms in total. The van der Waals surface area contributed by atoms with Crippen molar-refractivity contribution in [1.82, 2.24) is 4.72 Å². The van der Waals surface area contributed by atoms with Gasteiger partial charge < -0.3 is 10.2 Å². The van der Waals surface area contributed by atoms with Gasteiger partial charge >= 0.3 is 5.97 Å². The Bertz CT molecular complexity index is 275. The van der Waals surface area contributed by atoms with E-state index in [4.69, 9.17) is 10.2 Å². The van der Waals surface area contributed by atoms with Crippen LogP contribution in [0.15, 0.2) is 0 Å². The molecule has 90 valence electrons. The Hall–Kier alpha value is -0.660. The van der Waals surface area contributed by atoms with Crippen LogP contribution >= 0.6 is 0 Å². The molecule has 0 saturated heterocycles. The molecule has 0 aliphatic heterocycles. The van der Waals surface area contributed by atoms with Crippen LogP contribution in [0.25, 0.3) is 0 Å². The van der Waals surface area contributed by atoms with Crippen LogP contribution in [0.2, 0.25) is 0 Å². The van der Waals surface area contributed by atoms with Gasteiger partial charge in [-0.15, -0.1) is 0 Å². The van der Waals surface area contributed by atoms with E-state index in [0.29, 0.717) is 19.4 Å². The first-order valence-electron chi connectivity index (χ1n) is 4.78. The summed E-state index contributed by atoms with van der Waals surface area (Å²) in [7, 11) is -3.46. The first kappa shape index (κ1) is 14.3. The Morgan fingerprint density at radius 2 is 1.87 bits per heavy atom. The largest absolute Gasteiger partial charge is 0.481 e. The van der Waals surface area contributed by atoms with Crippen LogP contribution in [0.3, 0.4) is 0 Å². The van der Waals surface area contributed by atoms with E-state index in [9.17, 15) is 13.2 Å². The molecule has 0 aromatic carbocycles. The van der Waals surface area contributed by atoms with Crippen molar-refractivity contribution in [2.45, 2.75) is 25.7 Å². The van der Waals surface area contributed by atoms with Crippen molar-refractivity contribution in [1.29, 1.82) is 0 Å². The molecule has 0 heterocycles. The number of carboxylic acid groups (broad SMARTS) is 1. The van der Waals surface area contributed by atoms with Gasteiger partial charge in [-0.05, 0) is 19.3 Å². The lowest BCUT2D eigenvalue weighted by molar-refractivity contribution is -0.136. The number of hydrogen-bond donors (Lipinski definition) is 3. The molecule has 15 heavy (non-hydrogen) atoms. The summed E-state index contributed by atoms with van der Waals surface area (Å²) in [4.78, 5) is 10.1. The van der Waals surface area contributed by atoms with Gasteiger partial charge in [0.1, 0.15) is 0 Å². The Labute approximate surface area is 89.4 Å². The van der Waals surface area contributed by atoms with E-state index in [0.717, 1.165) is 6.42 Å². The number of sulfonamides is 1. The Kier molecular flexibility index (Phi) is 7.27. The highest BCUT2D eigenvalue weighted by Crippen LogP contribution is 1.95. The summed E-state index contributed by atoms with van der Waals surface area (Å²) in [6.45, 7) is 0.397. The lowest BCUT2D eigenvalue weighted by Crippen LogP contribution is -2.28. The molecule has 3 N–H and O–H groups in total. The van der Waals surface area contributed by atoms with Crippen molar-refractivity contribution >= 4 is 16.0 Å². The fourth-order valence-corrected chi connectivity index (χ4v) is 1.98. The zero-order valence-electron chi connectivity index (χ0n) is 8.48. The molecule has 0 saturated carbocycles. The van der Waals surface area contributed by atoms with E-state index in [-0.39, 0.29) is 18.8 Å². The second-order valence-electron chi connectivity index (χ2n) is 3.14. The number of carboxylic acids is 1. The molecular weight excluding hydrogens is 222 g/mol. The molecule has 0 rings (SSSR count). The maximum atomic E-state index is 11.1. The van der Waals surface area contributed by atoms with Gasteiger partial charge in [0, 0.05) is 13.2 Å². The summed E-state index contributed by atoms with van der Waals surface area (Å²) < 4.78 is 24.6. The summed E-state index contributed by atoms with van der Waals surface area (Å²) in [6.07, 6.45) is 1.66. The molecule has 0 unspecified atom stereocenters. The Morgan fingerprint density at radius 1 is 1.20 bits per heavy atom. The standard InChI is InChI=1S/C8H17NO5S/c10-6-3-1-2-5-9-15(13,14)7-4-8(11)12/h9-10H,1-7H2,(H,11,12). The predicted octanol–water partition coefficient (Wildman–Crippen LogP) is -0.457. The monoisotopic (exact) mass is 239 g/mol. The summed E-state index contributed by atoms with van der Waals surface area (Å²) in [5.74, 6) is -1.51. The first-order valence-corrected chi connectivity index (χ1v) is 6.43. The molecule has 7 heteroatoms. The molecule has 0 radical (unpaired) electrons. The normalized spacial score (nSPS) is 11.5. The van der Waals surface area contributed by atoms with E-state index in [1.807, 2.05) is 0 Å². The van der Waals surface area contributed by atoms with Crippen molar-refractivity contribution in [3.8, 4) is 0 Å². The third-order valence-electron chi connectivity index (χ3n) is 1.74. The molecule has 0 aliphatic rings. The highest BCUT2D eigenvalue weighted by Gasteiger charge is 2.11. The highest BCUT2D eigenvalue weighted by molar-refractivity contribution is 7.89. The van der Waals surface area contributed by atoms with Crippen LogP contribution < -0.4 is 4.72 Å². The smallest absolute Gasteiger partial charge is 0.304 e. The molecule has 0 atom stereocenters. The second-order valence-corrected chi connectivity index (χ2v) is 5.07. The van der Waals surface area contributed by atoms with Gasteiger partial charge in [0.15, 0.2) is 0 Å². The minimum atomic E-state index is -3.46. The van der Waals surface area contributed by atoms with E-state index >= 15 is 0 Å². The first-order chi connectivity index (χ1) is 6.98. The van der Waals surface area contributed by atoms with Gasteiger partial charge in [-0.3, -0.25) is 4.79 Å². The van der Waals surface area contributed by atoms with Crippen molar-refractivity contribution in [2.75, 3.05) is 18.9 Å². The average molecular weight is 239 g/mol. The number of rotatable bonds is 9. The Balaban J connectivity index is 3.61. The van der Waals surface area contributed by atoms with Crippen LogP contribution in [0.5, 0.6) is 0 Å². The molecule has 0 amide bonds. The van der Waals surface area contributed by atoms with Gasteiger partial charge in [0.05, 0.1) is 12.2 Å². The maximum Gasteiger partial charge on any atom is 0.304 e. The van der Waals surface area contributed by atoms with Crippen LogP contribution in [-0.2, 0) is 14.8 Å². The Morgan fingerprint density at radius 3 is 2.40 bits per heavy atom. The van der Waals surface area contributed by atoms with Gasteiger partial charge in [0.2, 0.25) is 10.0 Å². The highest BCUT2D eigenvalue weighted by atomic mass is 32.2. The predicted molar refractivity (Wildman–Crippen MR) is 55.0 cm³/mol. The molecule has 0 aromatic heterocycles. The van der Waals surface area contributed by atoms with Gasteiger partial charge in [-0.2, -0.15) is 0 Å². The van der Waals surface area contributed by atoms with Crippen molar-refractivity contribution in [3.63, 3.8) is 0 Å². The van der Waals surface area contributed by atoms with Crippen molar-refractivity contribution in [3.05, 3.63) is 0 Å². The number of carbonyl (C=O) groups is 1. The fourth-order valence-electron chi connectivity index (χ4n) is 0.935. The van der Waals surface area contributed by atoms with E-state index in [2.05, 4.69) is 4.72 Å². The lowest BCUT2D eigenvalue weighted by Gasteiger charge is -2.04. The molecule has 0 spiro atoms. The summed E-state index contributed by atoms with van der Waals surface area (Å²) in [5, 5.41) is 16.8. The molecular formula is C8H17NO5S. The van der Waals surface area contributed by atoms with Crippen molar-refractivity contribution in [2.24, 2.45) is 0 Å². The van der Waals surface area contributed by atoms with E-state index in [1.165, 1.54) is 0 Å². The van der Waals surface area contributed by atoms with Gasteiger partial charge in [-0.1, -0.05) is 0 Å². The number of aliphatic hydroxyl groups excluding tert-OH is 1. The van der Waals surface area contributed by atoms with E-state index in [1.54, 1.807) is 0 Å². The van der Waals surface area contributed by atoms with E-state index < -0.39 is 16.0 Å². The maximum absolute atomic E-state index is 11.1. The summed E-state index contributed by atoms with van der Waals surface area (Å²) in [6, 6.07) is 0. The number of nitrogens with one attached hydrogen (secondary N) is 1. The van der Waals surface area contributed by atoms with Crippen LogP contribution in [0.4, 0.5) is 0 Å². The van der Waals surface area contributed by atoms with Crippen LogP contribution in [-0.4, -0.2) is 43.5 Å². The third-order valence-corrected chi connectivity index (χ3v) is 3.13. The number of hydrogen-bond acceptors (Lipinski definition) is 4. The zero-order valence-corrected chi connectivity index (χ0v) is 9.29. The zero-order chi connectivity index (χ0) is 11.7. The topological polar surface area (TPSA) is 104 Å². The number of aliphatic carboxylic acids is 1. The second kappa shape index (κ2) is 7.61. The fraction of sp³-hybridized carbons (Fsp3) is 0.875. The number of unbranched alkanes of at least 4 members (excludes halogenated alkanes) is 2. The third kappa shape index (κ3) is 9.64. The quantitative estimate of drug-likeness (QED) is 0.472. The SMILES string of the molecule is O=C(O)CCS(=O)(=O)NCCCCCO. The minimum absolute atomic E-state index is 0.103. The minimum Gasteiger partial charge on any atom is -0.481 e. The number of aliphatic hydroxyl groups is 1. The molecule has 0 fully saturated rings. The van der Waals surface area contributed by atoms with Gasteiger partial charge in [0.25, 0.3) is 0 Å². The summed E-state index contributed by atoms with van der Waals surface area (Å²) >= 11 is 0. The average Bonchev–Trinajstić information content (AvgIpc) is 2.15. The van der Waals surface area contributed by atoms with Crippen molar-refractivity contribution < 1.29 is 23.4 Å². The van der Waals surface area contributed by atoms with Crippen LogP contribution in [0.1, 0.15) is 25.7 Å². The van der Waals surface area contributed by atoms with Gasteiger partial charge in [-0.25, -0.2) is 13.1 Å². The molecule has 0 aliphatic carbocycles.